The summed E-state index contributed by atoms with van der Waals surface area (Å²) < 4.78 is 5.25. The quantitative estimate of drug-likeness (QED) is 0.381. The Morgan fingerprint density at radius 2 is 2.30 bits per heavy atom. The SMILES string of the molecule is CC1OCCC1N=C(N)N. The largest absolute Gasteiger partial charge is 0.376 e. The number of aliphatic imine (C=N–C) groups is 1. The van der Waals surface area contributed by atoms with E-state index in [1.165, 1.54) is 0 Å². The van der Waals surface area contributed by atoms with Gasteiger partial charge >= 0.3 is 0 Å². The van der Waals surface area contributed by atoms with Crippen molar-refractivity contribution in [1.82, 2.24) is 0 Å². The van der Waals surface area contributed by atoms with Crippen molar-refractivity contribution in [3.63, 3.8) is 0 Å². The fraction of sp³-hybridized carbons (Fsp3) is 0.833. The first-order chi connectivity index (χ1) is 4.70. The van der Waals surface area contributed by atoms with Crippen LogP contribution in [0.5, 0.6) is 0 Å². The summed E-state index contributed by atoms with van der Waals surface area (Å²) in [4.78, 5) is 4.00. The Hall–Kier alpha value is -0.770. The maximum Gasteiger partial charge on any atom is 0.186 e. The molecule has 1 saturated heterocycles. The molecule has 1 rings (SSSR count). The number of hydrogen-bond donors (Lipinski definition) is 2. The van der Waals surface area contributed by atoms with Crippen molar-refractivity contribution in [3.8, 4) is 0 Å². The lowest BCUT2D eigenvalue weighted by Crippen LogP contribution is -2.27. The predicted octanol–water partition coefficient (Wildman–Crippen LogP) is -0.563. The van der Waals surface area contributed by atoms with Crippen molar-refractivity contribution in [3.05, 3.63) is 0 Å². The predicted molar refractivity (Wildman–Crippen MR) is 39.6 cm³/mol. The lowest BCUT2D eigenvalue weighted by molar-refractivity contribution is 0.119. The summed E-state index contributed by atoms with van der Waals surface area (Å²) in [6.45, 7) is 2.74. The first kappa shape index (κ1) is 7.34. The molecule has 0 aromatic rings. The standard InChI is InChI=1S/C6H13N3O/c1-4-5(2-3-10-4)9-6(7)8/h4-5H,2-3H2,1H3,(H4,7,8,9). The molecule has 0 aromatic heterocycles. The molecule has 1 aliphatic rings. The summed E-state index contributed by atoms with van der Waals surface area (Å²) in [5.41, 5.74) is 10.4. The van der Waals surface area contributed by atoms with E-state index in [1.54, 1.807) is 0 Å². The van der Waals surface area contributed by atoms with Gasteiger partial charge in [0.2, 0.25) is 0 Å². The van der Waals surface area contributed by atoms with Crippen LogP contribution in [0.4, 0.5) is 0 Å². The molecule has 1 heterocycles. The van der Waals surface area contributed by atoms with E-state index in [9.17, 15) is 0 Å². The van der Waals surface area contributed by atoms with Crippen molar-refractivity contribution in [1.29, 1.82) is 0 Å². The van der Waals surface area contributed by atoms with E-state index >= 15 is 0 Å². The van der Waals surface area contributed by atoms with Crippen molar-refractivity contribution >= 4 is 5.96 Å². The van der Waals surface area contributed by atoms with Gasteiger partial charge in [0.15, 0.2) is 5.96 Å². The van der Waals surface area contributed by atoms with E-state index in [-0.39, 0.29) is 18.1 Å². The van der Waals surface area contributed by atoms with E-state index in [4.69, 9.17) is 16.2 Å². The molecular weight excluding hydrogens is 130 g/mol. The van der Waals surface area contributed by atoms with Crippen LogP contribution in [0.3, 0.4) is 0 Å². The maximum atomic E-state index is 5.25. The van der Waals surface area contributed by atoms with Gasteiger partial charge in [-0.05, 0) is 13.3 Å². The molecule has 4 nitrogen and oxygen atoms in total. The van der Waals surface area contributed by atoms with Gasteiger partial charge in [0.05, 0.1) is 12.1 Å². The molecule has 10 heavy (non-hydrogen) atoms. The van der Waals surface area contributed by atoms with Crippen LogP contribution in [0, 0.1) is 0 Å². The molecule has 58 valence electrons. The molecule has 0 aromatic carbocycles. The van der Waals surface area contributed by atoms with Gasteiger partial charge in [-0.25, -0.2) is 4.99 Å². The smallest absolute Gasteiger partial charge is 0.186 e. The maximum absolute atomic E-state index is 5.25. The number of nitrogens with zero attached hydrogens (tertiary/aromatic N) is 1. The van der Waals surface area contributed by atoms with Gasteiger partial charge in [-0.2, -0.15) is 0 Å². The van der Waals surface area contributed by atoms with Crippen molar-refractivity contribution < 1.29 is 4.74 Å². The van der Waals surface area contributed by atoms with Gasteiger partial charge in [0, 0.05) is 6.61 Å². The van der Waals surface area contributed by atoms with Crippen LogP contribution in [0.25, 0.3) is 0 Å². The number of hydrogen-bond acceptors (Lipinski definition) is 2. The average molecular weight is 143 g/mol. The Kier molecular flexibility index (Phi) is 2.11. The summed E-state index contributed by atoms with van der Waals surface area (Å²) in [5.74, 6) is 0.155. The Bertz CT molecular complexity index is 142. The van der Waals surface area contributed by atoms with Crippen LogP contribution in [0.15, 0.2) is 4.99 Å². The van der Waals surface area contributed by atoms with Gasteiger partial charge in [0.1, 0.15) is 0 Å². The van der Waals surface area contributed by atoms with Crippen molar-refractivity contribution in [2.75, 3.05) is 6.61 Å². The highest BCUT2D eigenvalue weighted by Crippen LogP contribution is 2.15. The van der Waals surface area contributed by atoms with Gasteiger partial charge in [0.25, 0.3) is 0 Å². The molecule has 0 radical (unpaired) electrons. The number of guanidine groups is 1. The summed E-state index contributed by atoms with van der Waals surface area (Å²) in [6.07, 6.45) is 1.10. The Morgan fingerprint density at radius 1 is 1.60 bits per heavy atom. The van der Waals surface area contributed by atoms with Crippen LogP contribution in [0.2, 0.25) is 0 Å². The molecule has 2 atom stereocenters. The van der Waals surface area contributed by atoms with Crippen LogP contribution >= 0.6 is 0 Å². The molecule has 4 N–H and O–H groups in total. The molecule has 4 heteroatoms. The zero-order valence-electron chi connectivity index (χ0n) is 6.08. The fourth-order valence-corrected chi connectivity index (χ4v) is 1.08. The Morgan fingerprint density at radius 3 is 2.70 bits per heavy atom. The first-order valence-electron chi connectivity index (χ1n) is 3.40. The minimum Gasteiger partial charge on any atom is -0.376 e. The van der Waals surface area contributed by atoms with E-state index in [2.05, 4.69) is 4.99 Å². The van der Waals surface area contributed by atoms with Crippen LogP contribution in [-0.4, -0.2) is 24.7 Å². The van der Waals surface area contributed by atoms with E-state index in [0.717, 1.165) is 13.0 Å². The molecule has 0 bridgehead atoms. The lowest BCUT2D eigenvalue weighted by atomic mass is 10.2. The van der Waals surface area contributed by atoms with Crippen LogP contribution in [-0.2, 0) is 4.74 Å². The van der Waals surface area contributed by atoms with E-state index < -0.39 is 0 Å². The van der Waals surface area contributed by atoms with Crippen molar-refractivity contribution in [2.24, 2.45) is 16.5 Å². The molecule has 0 amide bonds. The third-order valence-electron chi connectivity index (χ3n) is 1.65. The monoisotopic (exact) mass is 143 g/mol. The molecule has 0 aliphatic carbocycles. The molecule has 0 spiro atoms. The second-order valence-electron chi connectivity index (χ2n) is 2.49. The van der Waals surface area contributed by atoms with Crippen molar-refractivity contribution in [2.45, 2.75) is 25.5 Å². The number of ether oxygens (including phenoxy) is 1. The third-order valence-corrected chi connectivity index (χ3v) is 1.65. The minimum atomic E-state index is 0.155. The lowest BCUT2D eigenvalue weighted by Gasteiger charge is -2.07. The Labute approximate surface area is 60.2 Å². The summed E-state index contributed by atoms with van der Waals surface area (Å²) >= 11 is 0. The first-order valence-corrected chi connectivity index (χ1v) is 3.40. The fourth-order valence-electron chi connectivity index (χ4n) is 1.08. The molecule has 1 aliphatic heterocycles. The van der Waals surface area contributed by atoms with Gasteiger partial charge in [-0.3, -0.25) is 0 Å². The summed E-state index contributed by atoms with van der Waals surface area (Å²) in [7, 11) is 0. The van der Waals surface area contributed by atoms with Gasteiger partial charge in [-0.15, -0.1) is 0 Å². The highest BCUT2D eigenvalue weighted by molar-refractivity contribution is 5.75. The van der Waals surface area contributed by atoms with Crippen LogP contribution in [0.1, 0.15) is 13.3 Å². The minimum absolute atomic E-state index is 0.155. The molecule has 2 unspecified atom stereocenters. The van der Waals surface area contributed by atoms with E-state index in [1.807, 2.05) is 6.92 Å². The van der Waals surface area contributed by atoms with Gasteiger partial charge in [-0.1, -0.05) is 0 Å². The summed E-state index contributed by atoms with van der Waals surface area (Å²) in [6, 6.07) is 0.171. The second kappa shape index (κ2) is 2.88. The highest BCUT2D eigenvalue weighted by atomic mass is 16.5. The number of rotatable bonds is 1. The molecule has 0 saturated carbocycles. The molecular formula is C6H13N3O. The van der Waals surface area contributed by atoms with Crippen LogP contribution < -0.4 is 11.5 Å². The number of nitrogens with two attached hydrogens (primary N) is 2. The zero-order valence-corrected chi connectivity index (χ0v) is 6.08. The third kappa shape index (κ3) is 1.60. The van der Waals surface area contributed by atoms with Gasteiger partial charge < -0.3 is 16.2 Å². The summed E-state index contributed by atoms with van der Waals surface area (Å²) in [5, 5.41) is 0. The topological polar surface area (TPSA) is 73.6 Å². The second-order valence-corrected chi connectivity index (χ2v) is 2.49. The normalized spacial score (nSPS) is 32.1. The Balaban J connectivity index is 2.48. The zero-order chi connectivity index (χ0) is 7.56. The average Bonchev–Trinajstić information content (AvgIpc) is 2.15. The molecule has 1 fully saturated rings. The van der Waals surface area contributed by atoms with E-state index in [0.29, 0.717) is 0 Å². The highest BCUT2D eigenvalue weighted by Gasteiger charge is 2.23.